The number of amides is 1. The number of hydrogen-bond donors (Lipinski definition) is 1. The maximum absolute atomic E-state index is 12.7. The average Bonchev–Trinajstić information content (AvgIpc) is 2.88. The molecule has 1 amide bonds. The van der Waals surface area contributed by atoms with E-state index in [4.69, 9.17) is 27.9 Å². The van der Waals surface area contributed by atoms with Crippen LogP contribution in [0.4, 0.5) is 5.00 Å². The summed E-state index contributed by atoms with van der Waals surface area (Å²) in [6.07, 6.45) is 6.72. The highest BCUT2D eigenvalue weighted by atomic mass is 35.5. The van der Waals surface area contributed by atoms with Crippen molar-refractivity contribution in [2.24, 2.45) is 5.41 Å². The van der Waals surface area contributed by atoms with Crippen LogP contribution in [-0.2, 0) is 22.4 Å². The lowest BCUT2D eigenvalue weighted by Crippen LogP contribution is -2.26. The molecule has 1 fully saturated rings. The van der Waals surface area contributed by atoms with Gasteiger partial charge in [0.25, 0.3) is 0 Å². The van der Waals surface area contributed by atoms with Crippen molar-refractivity contribution >= 4 is 51.4 Å². The fraction of sp³-hybridized carbons (Fsp3) is 0.667. The van der Waals surface area contributed by atoms with Crippen LogP contribution in [0.15, 0.2) is 0 Å². The molecule has 1 heterocycles. The number of carbonyl (C=O) groups excluding carboxylic acids is 2. The number of hydrogen-bond acceptors (Lipinski definition) is 4. The smallest absolute Gasteiger partial charge is 0.341 e. The lowest BCUT2D eigenvalue weighted by molar-refractivity contribution is -0.120. The maximum Gasteiger partial charge on any atom is 0.341 e. The van der Waals surface area contributed by atoms with E-state index in [1.54, 1.807) is 13.8 Å². The minimum absolute atomic E-state index is 0.239. The predicted molar refractivity (Wildman–Crippen MR) is 102 cm³/mol. The van der Waals surface area contributed by atoms with Crippen LogP contribution in [-0.4, -0.2) is 22.8 Å². The molecule has 0 radical (unpaired) electrons. The summed E-state index contributed by atoms with van der Waals surface area (Å²) in [5, 5.41) is 3.49. The number of thiophene rings is 1. The van der Waals surface area contributed by atoms with Crippen molar-refractivity contribution in [3.63, 3.8) is 0 Å². The number of fused-ring (bicyclic) bond motifs is 1. The number of rotatable bonds is 4. The maximum atomic E-state index is 12.7. The highest BCUT2D eigenvalue weighted by molar-refractivity contribution is 7.17. The quantitative estimate of drug-likeness (QED) is 0.561. The zero-order valence-corrected chi connectivity index (χ0v) is 16.9. The van der Waals surface area contributed by atoms with Crippen molar-refractivity contribution in [1.29, 1.82) is 0 Å². The van der Waals surface area contributed by atoms with Gasteiger partial charge in [-0.2, -0.15) is 0 Å². The second kappa shape index (κ2) is 7.09. The summed E-state index contributed by atoms with van der Waals surface area (Å²) in [5.74, 6) is -0.600. The van der Waals surface area contributed by atoms with Crippen LogP contribution in [0, 0.1) is 5.41 Å². The van der Waals surface area contributed by atoms with Gasteiger partial charge in [-0.1, -0.05) is 12.8 Å². The number of alkyl halides is 2. The molecule has 1 aromatic heterocycles. The Bertz CT molecular complexity index is 701. The van der Waals surface area contributed by atoms with Gasteiger partial charge in [0.2, 0.25) is 5.91 Å². The van der Waals surface area contributed by atoms with Crippen molar-refractivity contribution in [3.8, 4) is 0 Å². The fourth-order valence-corrected chi connectivity index (χ4v) is 5.29. The summed E-state index contributed by atoms with van der Waals surface area (Å²) < 4.78 is 4.22. The van der Waals surface area contributed by atoms with Crippen molar-refractivity contribution in [1.82, 2.24) is 0 Å². The molecule has 1 N–H and O–H groups in total. The standard InChI is InChI=1S/C18H23Cl2NO3S/c1-3-24-15(22)13-11-8-6-4-5-7-9-12(11)25-14(13)21-16(23)17(2)10-18(17,19)20/h3-10H2,1-2H3,(H,21,23). The highest BCUT2D eigenvalue weighted by Crippen LogP contribution is 2.64. The van der Waals surface area contributed by atoms with E-state index in [1.807, 2.05) is 0 Å². The Kier molecular flexibility index (Phi) is 5.38. The molecule has 0 aromatic carbocycles. The normalized spacial score (nSPS) is 24.6. The zero-order valence-electron chi connectivity index (χ0n) is 14.5. The molecule has 0 aliphatic heterocycles. The van der Waals surface area contributed by atoms with Crippen LogP contribution in [0.2, 0.25) is 0 Å². The Hall–Kier alpha value is -0.780. The van der Waals surface area contributed by atoms with Gasteiger partial charge in [-0.05, 0) is 51.5 Å². The average molecular weight is 404 g/mol. The molecule has 1 unspecified atom stereocenters. The van der Waals surface area contributed by atoms with Crippen LogP contribution in [0.1, 0.15) is 66.8 Å². The molecule has 0 bridgehead atoms. The number of esters is 1. The number of halogens is 2. The van der Waals surface area contributed by atoms with E-state index in [1.165, 1.54) is 29.1 Å². The van der Waals surface area contributed by atoms with E-state index >= 15 is 0 Å². The van der Waals surface area contributed by atoms with Gasteiger partial charge in [0, 0.05) is 4.88 Å². The molecular formula is C18H23Cl2NO3S. The van der Waals surface area contributed by atoms with Gasteiger partial charge < -0.3 is 10.1 Å². The lowest BCUT2D eigenvalue weighted by Gasteiger charge is -2.13. The summed E-state index contributed by atoms with van der Waals surface area (Å²) >= 11 is 13.7. The summed E-state index contributed by atoms with van der Waals surface area (Å²) in [4.78, 5) is 26.4. The number of carbonyl (C=O) groups is 2. The van der Waals surface area contributed by atoms with Crippen LogP contribution >= 0.6 is 34.5 Å². The monoisotopic (exact) mass is 403 g/mol. The number of anilines is 1. The molecule has 25 heavy (non-hydrogen) atoms. The first-order valence-electron chi connectivity index (χ1n) is 8.81. The topological polar surface area (TPSA) is 55.4 Å². The molecule has 0 spiro atoms. The molecular weight excluding hydrogens is 381 g/mol. The predicted octanol–water partition coefficient (Wildman–Crippen LogP) is 5.11. The van der Waals surface area contributed by atoms with Gasteiger partial charge in [0.1, 0.15) is 9.33 Å². The molecule has 1 atom stereocenters. The Morgan fingerprint density at radius 1 is 1.20 bits per heavy atom. The zero-order chi connectivity index (χ0) is 18.2. The van der Waals surface area contributed by atoms with Gasteiger partial charge in [0.15, 0.2) is 0 Å². The lowest BCUT2D eigenvalue weighted by atomic mass is 9.96. The third-order valence-corrected chi connectivity index (χ3v) is 7.45. The van der Waals surface area contributed by atoms with Crippen molar-refractivity contribution in [2.45, 2.75) is 63.1 Å². The van der Waals surface area contributed by atoms with Crippen molar-refractivity contribution in [2.75, 3.05) is 11.9 Å². The van der Waals surface area contributed by atoms with Gasteiger partial charge in [0.05, 0.1) is 17.6 Å². The number of aryl methyl sites for hydroxylation is 1. The first-order valence-corrected chi connectivity index (χ1v) is 10.4. The molecule has 7 heteroatoms. The first-order chi connectivity index (χ1) is 11.8. The van der Waals surface area contributed by atoms with E-state index in [2.05, 4.69) is 5.32 Å². The van der Waals surface area contributed by atoms with Crippen LogP contribution < -0.4 is 5.32 Å². The van der Waals surface area contributed by atoms with Gasteiger partial charge in [-0.15, -0.1) is 34.5 Å². The van der Waals surface area contributed by atoms with E-state index in [0.717, 1.165) is 31.2 Å². The minimum Gasteiger partial charge on any atom is -0.462 e. The Balaban J connectivity index is 1.93. The molecule has 1 saturated carbocycles. The van der Waals surface area contributed by atoms with Crippen LogP contribution in [0.5, 0.6) is 0 Å². The number of ether oxygens (including phenoxy) is 1. The molecule has 1 aromatic rings. The van der Waals surface area contributed by atoms with Crippen LogP contribution in [0.3, 0.4) is 0 Å². The van der Waals surface area contributed by atoms with E-state index in [-0.39, 0.29) is 11.9 Å². The largest absolute Gasteiger partial charge is 0.462 e. The molecule has 138 valence electrons. The summed E-state index contributed by atoms with van der Waals surface area (Å²) in [6.45, 7) is 3.84. The third kappa shape index (κ3) is 3.56. The van der Waals surface area contributed by atoms with Crippen molar-refractivity contribution in [3.05, 3.63) is 16.0 Å². The Morgan fingerprint density at radius 2 is 1.84 bits per heavy atom. The molecule has 2 aliphatic carbocycles. The first kappa shape index (κ1) is 19.0. The summed E-state index contributed by atoms with van der Waals surface area (Å²) in [7, 11) is 0. The summed E-state index contributed by atoms with van der Waals surface area (Å²) in [6, 6.07) is 0. The second-order valence-corrected chi connectivity index (χ2v) is 9.60. The van der Waals surface area contributed by atoms with Gasteiger partial charge >= 0.3 is 5.97 Å². The SMILES string of the molecule is CCOC(=O)c1c(NC(=O)C2(C)CC2(Cl)Cl)sc2c1CCCCCC2. The van der Waals surface area contributed by atoms with Gasteiger partial charge in [-0.3, -0.25) is 4.79 Å². The molecule has 3 rings (SSSR count). The molecule has 4 nitrogen and oxygen atoms in total. The Labute approximate surface area is 162 Å². The number of nitrogens with one attached hydrogen (secondary N) is 1. The third-order valence-electron chi connectivity index (χ3n) is 5.14. The Morgan fingerprint density at radius 3 is 2.44 bits per heavy atom. The van der Waals surface area contributed by atoms with E-state index < -0.39 is 9.75 Å². The van der Waals surface area contributed by atoms with E-state index in [0.29, 0.717) is 23.6 Å². The van der Waals surface area contributed by atoms with Crippen molar-refractivity contribution < 1.29 is 14.3 Å². The second-order valence-electron chi connectivity index (χ2n) is 7.01. The fourth-order valence-electron chi connectivity index (χ4n) is 3.31. The molecule has 2 aliphatic rings. The molecule has 0 saturated heterocycles. The van der Waals surface area contributed by atoms with Gasteiger partial charge in [-0.25, -0.2) is 4.79 Å². The van der Waals surface area contributed by atoms with Crippen LogP contribution in [0.25, 0.3) is 0 Å². The highest BCUT2D eigenvalue weighted by Gasteiger charge is 2.68. The minimum atomic E-state index is -1.03. The van der Waals surface area contributed by atoms with E-state index in [9.17, 15) is 9.59 Å². The summed E-state index contributed by atoms with van der Waals surface area (Å²) in [5.41, 5.74) is 0.749.